The zero-order chi connectivity index (χ0) is 26.5. The second kappa shape index (κ2) is 28.2. The van der Waals surface area contributed by atoms with Crippen LogP contribution in [-0.2, 0) is 38.0 Å². The van der Waals surface area contributed by atoms with E-state index >= 15 is 0 Å². The zero-order valence-corrected chi connectivity index (χ0v) is 22.1. The van der Waals surface area contributed by atoms with E-state index in [2.05, 4.69) is 17.6 Å². The minimum absolute atomic E-state index is 0.0768. The van der Waals surface area contributed by atoms with Crippen molar-refractivity contribution < 1.29 is 38.0 Å². The van der Waals surface area contributed by atoms with Crippen LogP contribution in [-0.4, -0.2) is 117 Å². The molecule has 0 aromatic heterocycles. The zero-order valence-electron chi connectivity index (χ0n) is 22.1. The summed E-state index contributed by atoms with van der Waals surface area (Å²) < 4.78 is 32.0. The van der Waals surface area contributed by atoms with Crippen LogP contribution in [0.3, 0.4) is 0 Å². The lowest BCUT2D eigenvalue weighted by atomic mass is 10.1. The first-order chi connectivity index (χ1) is 17.6. The van der Waals surface area contributed by atoms with Crippen molar-refractivity contribution in [1.29, 1.82) is 0 Å². The number of nitrogens with two attached hydrogens (primary N) is 2. The summed E-state index contributed by atoms with van der Waals surface area (Å²) in [4.78, 5) is 23.8. The molecular weight excluding hydrogens is 472 g/mol. The van der Waals surface area contributed by atoms with Crippen molar-refractivity contribution in [2.75, 3.05) is 98.9 Å². The van der Waals surface area contributed by atoms with Crippen LogP contribution in [0.2, 0.25) is 0 Å². The van der Waals surface area contributed by atoms with Crippen LogP contribution in [0.5, 0.6) is 0 Å². The molecule has 0 heterocycles. The van der Waals surface area contributed by atoms with Crippen LogP contribution >= 0.6 is 0 Å². The van der Waals surface area contributed by atoms with Crippen LogP contribution in [0, 0.1) is 0 Å². The monoisotopic (exact) mass is 522 g/mol. The third kappa shape index (κ3) is 27.2. The van der Waals surface area contributed by atoms with Crippen molar-refractivity contribution in [2.24, 2.45) is 11.5 Å². The average molecular weight is 523 g/mol. The van der Waals surface area contributed by atoms with Crippen LogP contribution < -0.4 is 22.1 Å². The molecule has 0 rings (SSSR count). The molecule has 12 heteroatoms. The van der Waals surface area contributed by atoms with Gasteiger partial charge < -0.3 is 50.5 Å². The van der Waals surface area contributed by atoms with Gasteiger partial charge in [-0.1, -0.05) is 6.92 Å². The molecule has 0 spiro atoms. The standard InChI is InChI=1S/C24H50N4O8/c1-2-10-31-14-18-35-20-16-33-12-8-27-23(29)5-3-22(26)4-6-24(30)28-9-13-34-17-21-36-19-15-32-11-7-25/h22H,2-21,25-26H2,1H3,(H,27,29)(H,28,30). The first kappa shape index (κ1) is 34.6. The quantitative estimate of drug-likeness (QED) is 0.0991. The van der Waals surface area contributed by atoms with Gasteiger partial charge in [-0.05, 0) is 19.3 Å². The first-order valence-electron chi connectivity index (χ1n) is 13.1. The Kier molecular flexibility index (Phi) is 27.1. The molecule has 0 saturated heterocycles. The second-order valence-electron chi connectivity index (χ2n) is 8.00. The molecule has 0 saturated carbocycles. The molecule has 2 amide bonds. The predicted octanol–water partition coefficient (Wildman–Crippen LogP) is -0.425. The molecular formula is C24H50N4O8. The Labute approximate surface area is 216 Å². The van der Waals surface area contributed by atoms with Crippen LogP contribution in [0.15, 0.2) is 0 Å². The van der Waals surface area contributed by atoms with Crippen molar-refractivity contribution in [3.8, 4) is 0 Å². The van der Waals surface area contributed by atoms with Crippen molar-refractivity contribution >= 4 is 11.8 Å². The van der Waals surface area contributed by atoms with Crippen LogP contribution in [0.25, 0.3) is 0 Å². The molecule has 0 aliphatic heterocycles. The molecule has 0 aromatic carbocycles. The van der Waals surface area contributed by atoms with Crippen molar-refractivity contribution in [1.82, 2.24) is 10.6 Å². The smallest absolute Gasteiger partial charge is 0.220 e. The number of hydrogen-bond donors (Lipinski definition) is 4. The highest BCUT2D eigenvalue weighted by Crippen LogP contribution is 2.02. The van der Waals surface area contributed by atoms with E-state index in [0.29, 0.717) is 118 Å². The second-order valence-corrected chi connectivity index (χ2v) is 8.00. The van der Waals surface area contributed by atoms with Gasteiger partial charge in [0.25, 0.3) is 0 Å². The molecule has 1 unspecified atom stereocenters. The lowest BCUT2D eigenvalue weighted by molar-refractivity contribution is -0.121. The molecule has 12 nitrogen and oxygen atoms in total. The summed E-state index contributed by atoms with van der Waals surface area (Å²) in [7, 11) is 0. The number of carbonyl (C=O) groups is 2. The maximum absolute atomic E-state index is 11.9. The predicted molar refractivity (Wildman–Crippen MR) is 137 cm³/mol. The summed E-state index contributed by atoms with van der Waals surface area (Å²) >= 11 is 0. The van der Waals surface area contributed by atoms with E-state index in [4.69, 9.17) is 39.9 Å². The molecule has 0 aliphatic rings. The highest BCUT2D eigenvalue weighted by Gasteiger charge is 2.09. The van der Waals surface area contributed by atoms with Gasteiger partial charge in [0.2, 0.25) is 11.8 Å². The SMILES string of the molecule is CCCOCCOCCOCCNC(=O)CCC(N)CCC(=O)NCCOCCOCCOCCN. The van der Waals surface area contributed by atoms with Gasteiger partial charge in [-0.15, -0.1) is 0 Å². The first-order valence-corrected chi connectivity index (χ1v) is 13.1. The minimum atomic E-state index is -0.210. The van der Waals surface area contributed by atoms with E-state index in [-0.39, 0.29) is 17.9 Å². The highest BCUT2D eigenvalue weighted by molar-refractivity contribution is 5.76. The summed E-state index contributed by atoms with van der Waals surface area (Å²) in [5.74, 6) is -0.159. The van der Waals surface area contributed by atoms with E-state index in [1.54, 1.807) is 0 Å². The maximum atomic E-state index is 11.9. The van der Waals surface area contributed by atoms with E-state index in [1.165, 1.54) is 0 Å². The van der Waals surface area contributed by atoms with Crippen LogP contribution in [0.1, 0.15) is 39.0 Å². The Balaban J connectivity index is 3.42. The Bertz CT molecular complexity index is 461. The molecule has 1 atom stereocenters. The minimum Gasteiger partial charge on any atom is -0.379 e. The van der Waals surface area contributed by atoms with E-state index in [1.807, 2.05) is 0 Å². The largest absolute Gasteiger partial charge is 0.379 e. The third-order valence-electron chi connectivity index (χ3n) is 4.72. The fraction of sp³-hybridized carbons (Fsp3) is 0.917. The highest BCUT2D eigenvalue weighted by atomic mass is 16.5. The van der Waals surface area contributed by atoms with Crippen molar-refractivity contribution in [3.05, 3.63) is 0 Å². The van der Waals surface area contributed by atoms with Gasteiger partial charge in [-0.2, -0.15) is 0 Å². The normalized spacial score (nSPS) is 12.0. The number of amides is 2. The van der Waals surface area contributed by atoms with Gasteiger partial charge in [0.05, 0.1) is 72.7 Å². The van der Waals surface area contributed by atoms with Gasteiger partial charge in [-0.25, -0.2) is 0 Å². The van der Waals surface area contributed by atoms with Gasteiger partial charge in [0, 0.05) is 45.1 Å². The number of hydrogen-bond acceptors (Lipinski definition) is 10. The molecule has 0 fully saturated rings. The third-order valence-corrected chi connectivity index (χ3v) is 4.72. The van der Waals surface area contributed by atoms with Crippen LogP contribution in [0.4, 0.5) is 0 Å². The van der Waals surface area contributed by atoms with Crippen molar-refractivity contribution in [2.45, 2.75) is 45.1 Å². The number of carbonyl (C=O) groups excluding carboxylic acids is 2. The molecule has 36 heavy (non-hydrogen) atoms. The lowest BCUT2D eigenvalue weighted by Gasteiger charge is -2.12. The maximum Gasteiger partial charge on any atom is 0.220 e. The molecule has 0 aromatic rings. The van der Waals surface area contributed by atoms with Gasteiger partial charge >= 0.3 is 0 Å². The van der Waals surface area contributed by atoms with Gasteiger partial charge in [0.15, 0.2) is 0 Å². The molecule has 6 N–H and O–H groups in total. The topological polar surface area (TPSA) is 166 Å². The molecule has 214 valence electrons. The summed E-state index contributed by atoms with van der Waals surface area (Å²) in [5, 5.41) is 5.59. The molecule has 0 aliphatic carbocycles. The van der Waals surface area contributed by atoms with E-state index in [9.17, 15) is 9.59 Å². The fourth-order valence-electron chi connectivity index (χ4n) is 2.79. The van der Waals surface area contributed by atoms with E-state index in [0.717, 1.165) is 13.0 Å². The molecule has 0 radical (unpaired) electrons. The summed E-state index contributed by atoms with van der Waals surface area (Å²) in [5.41, 5.74) is 11.3. The Morgan fingerprint density at radius 2 is 0.972 bits per heavy atom. The summed E-state index contributed by atoms with van der Waals surface area (Å²) in [6, 6.07) is -0.210. The lowest BCUT2D eigenvalue weighted by Crippen LogP contribution is -2.31. The summed E-state index contributed by atoms with van der Waals surface area (Å²) in [6.07, 6.45) is 2.68. The average Bonchev–Trinajstić information content (AvgIpc) is 2.88. The van der Waals surface area contributed by atoms with Crippen molar-refractivity contribution in [3.63, 3.8) is 0 Å². The number of nitrogens with one attached hydrogen (secondary N) is 2. The number of rotatable bonds is 28. The Morgan fingerprint density at radius 3 is 1.36 bits per heavy atom. The molecule has 0 bridgehead atoms. The number of ether oxygens (including phenoxy) is 6. The summed E-state index contributed by atoms with van der Waals surface area (Å²) in [6.45, 7) is 9.62. The van der Waals surface area contributed by atoms with E-state index < -0.39 is 0 Å². The fourth-order valence-corrected chi connectivity index (χ4v) is 2.79. The van der Waals surface area contributed by atoms with Gasteiger partial charge in [0.1, 0.15) is 0 Å². The van der Waals surface area contributed by atoms with Gasteiger partial charge in [-0.3, -0.25) is 9.59 Å². The Morgan fingerprint density at radius 1 is 0.611 bits per heavy atom. The Hall–Kier alpha value is -1.38.